The van der Waals surface area contributed by atoms with Crippen molar-refractivity contribution in [3.05, 3.63) is 59.7 Å². The maximum Gasteiger partial charge on any atom is 0.416 e. The molecule has 3 nitrogen and oxygen atoms in total. The van der Waals surface area contributed by atoms with Gasteiger partial charge in [-0.1, -0.05) is 36.4 Å². The molecule has 1 aliphatic heterocycles. The summed E-state index contributed by atoms with van der Waals surface area (Å²) in [6.07, 6.45) is -4.78. The van der Waals surface area contributed by atoms with Crippen LogP contribution in [0.3, 0.4) is 0 Å². The SMILES string of the molecule is Cl.O=C1N[C@H](c2ccc(-c3ccc(C(F)(F)F)cc3)cc2)CO1. The molecule has 2 aromatic carbocycles. The summed E-state index contributed by atoms with van der Waals surface area (Å²) < 4.78 is 42.4. The molecule has 1 N–H and O–H groups in total. The molecule has 0 spiro atoms. The average Bonchev–Trinajstić information content (AvgIpc) is 2.93. The van der Waals surface area contributed by atoms with Crippen molar-refractivity contribution in [2.75, 3.05) is 6.61 Å². The van der Waals surface area contributed by atoms with Gasteiger partial charge in [-0.2, -0.15) is 13.2 Å². The van der Waals surface area contributed by atoms with Crippen molar-refractivity contribution in [2.24, 2.45) is 0 Å². The summed E-state index contributed by atoms with van der Waals surface area (Å²) in [5, 5.41) is 2.67. The number of halogens is 4. The van der Waals surface area contributed by atoms with Crippen molar-refractivity contribution in [1.29, 1.82) is 0 Å². The molecule has 1 atom stereocenters. The summed E-state index contributed by atoms with van der Waals surface area (Å²) in [5.41, 5.74) is 1.73. The Balaban J connectivity index is 0.00000192. The molecule has 3 rings (SSSR count). The van der Waals surface area contributed by atoms with Gasteiger partial charge in [-0.15, -0.1) is 12.4 Å². The zero-order chi connectivity index (χ0) is 15.7. The Morgan fingerprint density at radius 1 is 0.957 bits per heavy atom. The molecule has 1 aliphatic rings. The Bertz CT molecular complexity index is 684. The number of carbonyl (C=O) groups excluding carboxylic acids is 1. The van der Waals surface area contributed by atoms with Crippen molar-refractivity contribution in [2.45, 2.75) is 12.2 Å². The molecular formula is C16H13ClF3NO2. The van der Waals surface area contributed by atoms with E-state index >= 15 is 0 Å². The first-order valence-corrected chi connectivity index (χ1v) is 6.64. The average molecular weight is 344 g/mol. The molecule has 0 radical (unpaired) electrons. The number of benzene rings is 2. The maximum atomic E-state index is 12.5. The predicted molar refractivity (Wildman–Crippen MR) is 81.4 cm³/mol. The summed E-state index contributed by atoms with van der Waals surface area (Å²) in [6.45, 7) is 0.276. The van der Waals surface area contributed by atoms with Crippen LogP contribution in [-0.2, 0) is 10.9 Å². The number of alkyl halides is 3. The molecule has 1 fully saturated rings. The lowest BCUT2D eigenvalue weighted by atomic mass is 10.0. The summed E-state index contributed by atoms with van der Waals surface area (Å²) in [5.74, 6) is 0. The van der Waals surface area contributed by atoms with Gasteiger partial charge in [0.05, 0.1) is 11.6 Å². The molecule has 1 saturated heterocycles. The van der Waals surface area contributed by atoms with E-state index in [4.69, 9.17) is 4.74 Å². The highest BCUT2D eigenvalue weighted by atomic mass is 35.5. The zero-order valence-corrected chi connectivity index (χ0v) is 12.6. The topological polar surface area (TPSA) is 38.3 Å². The molecule has 7 heteroatoms. The monoisotopic (exact) mass is 343 g/mol. The molecule has 0 saturated carbocycles. The molecule has 0 unspecified atom stereocenters. The molecule has 0 aromatic heterocycles. The number of nitrogens with one attached hydrogen (secondary N) is 1. The number of carbonyl (C=O) groups is 1. The van der Waals surface area contributed by atoms with E-state index in [0.29, 0.717) is 5.56 Å². The molecule has 2 aromatic rings. The van der Waals surface area contributed by atoms with Crippen LogP contribution in [0.2, 0.25) is 0 Å². The standard InChI is InChI=1S/C16H12F3NO2.ClH/c17-16(18,19)13-7-5-11(6-8-13)10-1-3-12(4-2-10)14-9-22-15(21)20-14;/h1-8,14H,9H2,(H,20,21);1H/t14-;/m0./s1. The van der Waals surface area contributed by atoms with Crippen molar-refractivity contribution in [3.63, 3.8) is 0 Å². The Morgan fingerprint density at radius 2 is 1.48 bits per heavy atom. The van der Waals surface area contributed by atoms with Crippen LogP contribution in [-0.4, -0.2) is 12.7 Å². The lowest BCUT2D eigenvalue weighted by Crippen LogP contribution is -2.18. The van der Waals surface area contributed by atoms with E-state index in [0.717, 1.165) is 23.3 Å². The van der Waals surface area contributed by atoms with Crippen LogP contribution in [0.4, 0.5) is 18.0 Å². The predicted octanol–water partition coefficient (Wildman–Crippen LogP) is 4.58. The summed E-state index contributed by atoms with van der Waals surface area (Å²) >= 11 is 0. The summed E-state index contributed by atoms with van der Waals surface area (Å²) in [7, 11) is 0. The van der Waals surface area contributed by atoms with E-state index < -0.39 is 17.8 Å². The van der Waals surface area contributed by atoms with Gasteiger partial charge in [0.2, 0.25) is 0 Å². The molecule has 1 amide bonds. The van der Waals surface area contributed by atoms with E-state index in [1.54, 1.807) is 0 Å². The third-order valence-electron chi connectivity index (χ3n) is 3.53. The van der Waals surface area contributed by atoms with Crippen LogP contribution in [0.15, 0.2) is 48.5 Å². The second-order valence-corrected chi connectivity index (χ2v) is 4.99. The van der Waals surface area contributed by atoms with Crippen molar-refractivity contribution in [1.82, 2.24) is 5.32 Å². The van der Waals surface area contributed by atoms with Crippen LogP contribution < -0.4 is 5.32 Å². The van der Waals surface area contributed by atoms with Gasteiger partial charge in [-0.25, -0.2) is 4.79 Å². The third kappa shape index (κ3) is 3.76. The fraction of sp³-hybridized carbons (Fsp3) is 0.188. The smallest absolute Gasteiger partial charge is 0.416 e. The van der Waals surface area contributed by atoms with Crippen LogP contribution in [0.1, 0.15) is 17.2 Å². The quantitative estimate of drug-likeness (QED) is 0.867. The van der Waals surface area contributed by atoms with Gasteiger partial charge < -0.3 is 10.1 Å². The first-order valence-electron chi connectivity index (χ1n) is 6.64. The first-order chi connectivity index (χ1) is 10.4. The molecular weight excluding hydrogens is 331 g/mol. The van der Waals surface area contributed by atoms with E-state index in [1.807, 2.05) is 24.3 Å². The van der Waals surface area contributed by atoms with Gasteiger partial charge >= 0.3 is 12.3 Å². The fourth-order valence-electron chi connectivity index (χ4n) is 2.32. The fourth-order valence-corrected chi connectivity index (χ4v) is 2.32. The minimum absolute atomic E-state index is 0. The molecule has 0 aliphatic carbocycles. The van der Waals surface area contributed by atoms with Crippen LogP contribution in [0, 0.1) is 0 Å². The minimum atomic E-state index is -4.33. The normalized spacial score (nSPS) is 17.2. The van der Waals surface area contributed by atoms with Gasteiger partial charge in [0.25, 0.3) is 0 Å². The number of amides is 1. The van der Waals surface area contributed by atoms with Crippen LogP contribution in [0.25, 0.3) is 11.1 Å². The van der Waals surface area contributed by atoms with Gasteiger partial charge in [0.15, 0.2) is 0 Å². The second-order valence-electron chi connectivity index (χ2n) is 4.99. The highest BCUT2D eigenvalue weighted by Crippen LogP contribution is 2.31. The van der Waals surface area contributed by atoms with Crippen LogP contribution >= 0.6 is 12.4 Å². The number of ether oxygens (including phenoxy) is 1. The molecule has 1 heterocycles. The number of hydrogen-bond acceptors (Lipinski definition) is 2. The Labute approximate surface area is 136 Å². The molecule has 23 heavy (non-hydrogen) atoms. The van der Waals surface area contributed by atoms with Gasteiger partial charge in [0, 0.05) is 0 Å². The Kier molecular flexibility index (Phi) is 4.85. The van der Waals surface area contributed by atoms with Crippen molar-refractivity contribution < 1.29 is 22.7 Å². The zero-order valence-electron chi connectivity index (χ0n) is 11.8. The summed E-state index contributed by atoms with van der Waals surface area (Å²) in [4.78, 5) is 11.0. The third-order valence-corrected chi connectivity index (χ3v) is 3.53. The van der Waals surface area contributed by atoms with Crippen molar-refractivity contribution in [3.8, 4) is 11.1 Å². The largest absolute Gasteiger partial charge is 0.447 e. The maximum absolute atomic E-state index is 12.5. The van der Waals surface area contributed by atoms with Gasteiger partial charge in [0.1, 0.15) is 6.61 Å². The van der Waals surface area contributed by atoms with E-state index in [-0.39, 0.29) is 25.1 Å². The number of hydrogen-bond donors (Lipinski definition) is 1. The second kappa shape index (κ2) is 6.50. The van der Waals surface area contributed by atoms with Crippen molar-refractivity contribution >= 4 is 18.5 Å². The first kappa shape index (κ1) is 17.1. The highest BCUT2D eigenvalue weighted by Gasteiger charge is 2.30. The molecule has 0 bridgehead atoms. The van der Waals surface area contributed by atoms with Gasteiger partial charge in [-0.3, -0.25) is 0 Å². The number of rotatable bonds is 2. The Hall–Kier alpha value is -2.21. The number of cyclic esters (lactones) is 1. The van der Waals surface area contributed by atoms with E-state index in [1.165, 1.54) is 12.1 Å². The number of alkyl carbamates (subject to hydrolysis) is 1. The van der Waals surface area contributed by atoms with Gasteiger partial charge in [-0.05, 0) is 28.8 Å². The van der Waals surface area contributed by atoms with E-state index in [9.17, 15) is 18.0 Å². The Morgan fingerprint density at radius 3 is 1.91 bits per heavy atom. The van der Waals surface area contributed by atoms with E-state index in [2.05, 4.69) is 5.32 Å². The minimum Gasteiger partial charge on any atom is -0.447 e. The lowest BCUT2D eigenvalue weighted by molar-refractivity contribution is -0.137. The van der Waals surface area contributed by atoms with Crippen LogP contribution in [0.5, 0.6) is 0 Å². The molecule has 122 valence electrons. The summed E-state index contributed by atoms with van der Waals surface area (Å²) in [6, 6.07) is 12.1. The highest BCUT2D eigenvalue weighted by molar-refractivity contribution is 5.85. The lowest BCUT2D eigenvalue weighted by Gasteiger charge is -2.10.